The average Bonchev–Trinajstić information content (AvgIpc) is 2.49. The maximum atomic E-state index is 4.19. The lowest BCUT2D eigenvalue weighted by Crippen LogP contribution is -2.02. The third-order valence-corrected chi connectivity index (χ3v) is 2.71. The molecule has 1 heterocycles. The predicted octanol–water partition coefficient (Wildman–Crippen LogP) is 2.36. The number of thioether (sulfide) groups is 1. The van der Waals surface area contributed by atoms with Crippen molar-refractivity contribution < 1.29 is 0 Å². The van der Waals surface area contributed by atoms with Crippen LogP contribution in [0.5, 0.6) is 0 Å². The Morgan fingerprint density at radius 1 is 1.23 bits per heavy atom. The molecular formula is C9H17N3S. The summed E-state index contributed by atoms with van der Waals surface area (Å²) in [6.45, 7) is 7.42. The summed E-state index contributed by atoms with van der Waals surface area (Å²) in [5.74, 6) is 2.19. The molecule has 0 aromatic carbocycles. The molecule has 0 aliphatic rings. The zero-order valence-electron chi connectivity index (χ0n) is 8.58. The zero-order chi connectivity index (χ0) is 9.68. The van der Waals surface area contributed by atoms with Crippen LogP contribution in [0, 0.1) is 0 Å². The van der Waals surface area contributed by atoms with Crippen LogP contribution in [0.25, 0.3) is 0 Å². The van der Waals surface area contributed by atoms with E-state index >= 15 is 0 Å². The number of aromatic nitrogens is 3. The summed E-state index contributed by atoms with van der Waals surface area (Å²) in [6, 6.07) is 0. The van der Waals surface area contributed by atoms with Crippen molar-refractivity contribution in [2.75, 3.05) is 5.75 Å². The van der Waals surface area contributed by atoms with Gasteiger partial charge < -0.3 is 4.57 Å². The summed E-state index contributed by atoms with van der Waals surface area (Å²) in [4.78, 5) is 0. The first-order valence-corrected chi connectivity index (χ1v) is 5.86. The Morgan fingerprint density at radius 2 is 2.00 bits per heavy atom. The molecule has 0 aliphatic carbocycles. The van der Waals surface area contributed by atoms with Crippen molar-refractivity contribution in [1.29, 1.82) is 0 Å². The Bertz CT molecular complexity index is 234. The highest BCUT2D eigenvalue weighted by Gasteiger charge is 2.08. The summed E-state index contributed by atoms with van der Waals surface area (Å²) < 4.78 is 2.21. The quantitative estimate of drug-likeness (QED) is 0.682. The SMILES string of the molecule is CCCc1nnc(SCC)n1CC. The molecule has 74 valence electrons. The van der Waals surface area contributed by atoms with E-state index in [9.17, 15) is 0 Å². The number of aryl methyl sites for hydroxylation is 1. The lowest BCUT2D eigenvalue weighted by atomic mass is 10.3. The van der Waals surface area contributed by atoms with Gasteiger partial charge in [0, 0.05) is 13.0 Å². The van der Waals surface area contributed by atoms with Crippen molar-refractivity contribution in [2.24, 2.45) is 0 Å². The van der Waals surface area contributed by atoms with Crippen LogP contribution in [0.4, 0.5) is 0 Å². The molecule has 0 spiro atoms. The molecule has 0 fully saturated rings. The Hall–Kier alpha value is -0.510. The van der Waals surface area contributed by atoms with Gasteiger partial charge in [0.1, 0.15) is 5.82 Å². The van der Waals surface area contributed by atoms with Crippen LogP contribution in [-0.2, 0) is 13.0 Å². The Balaban J connectivity index is 2.82. The van der Waals surface area contributed by atoms with Crippen LogP contribution in [0.3, 0.4) is 0 Å². The van der Waals surface area contributed by atoms with Gasteiger partial charge in [-0.3, -0.25) is 0 Å². The Labute approximate surface area is 83.9 Å². The Kier molecular flexibility index (Phi) is 4.28. The maximum absolute atomic E-state index is 4.19. The van der Waals surface area contributed by atoms with Gasteiger partial charge in [-0.15, -0.1) is 10.2 Å². The third kappa shape index (κ3) is 2.46. The van der Waals surface area contributed by atoms with Gasteiger partial charge >= 0.3 is 0 Å². The number of hydrogen-bond acceptors (Lipinski definition) is 3. The molecule has 13 heavy (non-hydrogen) atoms. The highest BCUT2D eigenvalue weighted by atomic mass is 32.2. The summed E-state index contributed by atoms with van der Waals surface area (Å²) in [5.41, 5.74) is 0. The molecule has 0 amide bonds. The minimum Gasteiger partial charge on any atom is -0.306 e. The normalized spacial score (nSPS) is 10.7. The number of rotatable bonds is 5. The summed E-state index contributed by atoms with van der Waals surface area (Å²) in [6.07, 6.45) is 2.17. The summed E-state index contributed by atoms with van der Waals surface area (Å²) in [7, 11) is 0. The second-order valence-electron chi connectivity index (χ2n) is 2.83. The van der Waals surface area contributed by atoms with Gasteiger partial charge in [-0.05, 0) is 19.1 Å². The molecule has 4 heteroatoms. The van der Waals surface area contributed by atoms with E-state index in [0.29, 0.717) is 0 Å². The molecule has 1 aromatic rings. The van der Waals surface area contributed by atoms with E-state index < -0.39 is 0 Å². The second-order valence-corrected chi connectivity index (χ2v) is 4.06. The topological polar surface area (TPSA) is 30.7 Å². The fraction of sp³-hybridized carbons (Fsp3) is 0.778. The van der Waals surface area contributed by atoms with E-state index in [1.807, 2.05) is 0 Å². The van der Waals surface area contributed by atoms with E-state index in [1.54, 1.807) is 11.8 Å². The first-order chi connectivity index (χ1) is 6.33. The van der Waals surface area contributed by atoms with Crippen LogP contribution in [0.15, 0.2) is 5.16 Å². The molecular weight excluding hydrogens is 182 g/mol. The molecule has 3 nitrogen and oxygen atoms in total. The largest absolute Gasteiger partial charge is 0.306 e. The van der Waals surface area contributed by atoms with E-state index in [2.05, 4.69) is 35.5 Å². The Morgan fingerprint density at radius 3 is 2.54 bits per heavy atom. The van der Waals surface area contributed by atoms with Crippen molar-refractivity contribution in [3.8, 4) is 0 Å². The van der Waals surface area contributed by atoms with E-state index in [-0.39, 0.29) is 0 Å². The minimum absolute atomic E-state index is 0.977. The smallest absolute Gasteiger partial charge is 0.191 e. The summed E-state index contributed by atoms with van der Waals surface area (Å²) >= 11 is 1.76. The van der Waals surface area contributed by atoms with Crippen molar-refractivity contribution in [1.82, 2.24) is 14.8 Å². The van der Waals surface area contributed by atoms with Gasteiger partial charge in [0.15, 0.2) is 5.16 Å². The highest BCUT2D eigenvalue weighted by molar-refractivity contribution is 7.99. The molecule has 1 aromatic heterocycles. The van der Waals surface area contributed by atoms with Crippen LogP contribution >= 0.6 is 11.8 Å². The summed E-state index contributed by atoms with van der Waals surface area (Å²) in [5, 5.41) is 9.42. The zero-order valence-corrected chi connectivity index (χ0v) is 9.39. The van der Waals surface area contributed by atoms with Crippen LogP contribution < -0.4 is 0 Å². The highest BCUT2D eigenvalue weighted by Crippen LogP contribution is 2.16. The van der Waals surface area contributed by atoms with Crippen LogP contribution in [0.1, 0.15) is 33.0 Å². The fourth-order valence-corrected chi connectivity index (χ4v) is 2.03. The van der Waals surface area contributed by atoms with Crippen molar-refractivity contribution in [2.45, 2.75) is 45.3 Å². The van der Waals surface area contributed by atoms with E-state index in [4.69, 9.17) is 0 Å². The molecule has 0 radical (unpaired) electrons. The van der Waals surface area contributed by atoms with Gasteiger partial charge in [0.2, 0.25) is 0 Å². The lowest BCUT2D eigenvalue weighted by molar-refractivity contribution is 0.635. The van der Waals surface area contributed by atoms with Crippen molar-refractivity contribution >= 4 is 11.8 Å². The van der Waals surface area contributed by atoms with Gasteiger partial charge in [0.25, 0.3) is 0 Å². The monoisotopic (exact) mass is 199 g/mol. The van der Waals surface area contributed by atoms with Gasteiger partial charge in [-0.1, -0.05) is 25.6 Å². The second kappa shape index (κ2) is 5.27. The van der Waals surface area contributed by atoms with Crippen molar-refractivity contribution in [3.05, 3.63) is 5.82 Å². The number of hydrogen-bond donors (Lipinski definition) is 0. The molecule has 0 unspecified atom stereocenters. The number of nitrogens with zero attached hydrogens (tertiary/aromatic N) is 3. The molecule has 0 saturated heterocycles. The molecule has 0 aliphatic heterocycles. The van der Waals surface area contributed by atoms with Gasteiger partial charge in [0.05, 0.1) is 0 Å². The van der Waals surface area contributed by atoms with E-state index in [1.165, 1.54) is 0 Å². The fourth-order valence-electron chi connectivity index (χ4n) is 1.28. The standard InChI is InChI=1S/C9H17N3S/c1-4-7-8-10-11-9(13-6-3)12(8)5-2/h4-7H2,1-3H3. The van der Waals surface area contributed by atoms with E-state index in [0.717, 1.165) is 36.1 Å². The minimum atomic E-state index is 0.977. The first-order valence-electron chi connectivity index (χ1n) is 4.88. The van der Waals surface area contributed by atoms with Crippen molar-refractivity contribution in [3.63, 3.8) is 0 Å². The molecule has 0 bridgehead atoms. The molecule has 0 N–H and O–H groups in total. The molecule has 1 rings (SSSR count). The third-order valence-electron chi connectivity index (χ3n) is 1.86. The lowest BCUT2D eigenvalue weighted by Gasteiger charge is -2.04. The van der Waals surface area contributed by atoms with Gasteiger partial charge in [-0.25, -0.2) is 0 Å². The van der Waals surface area contributed by atoms with Crippen LogP contribution in [-0.4, -0.2) is 20.5 Å². The first kappa shape index (κ1) is 10.6. The molecule has 0 atom stereocenters. The molecule has 0 saturated carbocycles. The van der Waals surface area contributed by atoms with Crippen LogP contribution in [0.2, 0.25) is 0 Å². The van der Waals surface area contributed by atoms with Gasteiger partial charge in [-0.2, -0.15) is 0 Å². The average molecular weight is 199 g/mol. The maximum Gasteiger partial charge on any atom is 0.191 e. The predicted molar refractivity (Wildman–Crippen MR) is 56.1 cm³/mol.